The monoisotopic (exact) mass is 300 g/mol. The van der Waals surface area contributed by atoms with Crippen molar-refractivity contribution in [1.29, 1.82) is 0 Å². The molecule has 116 valence electrons. The van der Waals surface area contributed by atoms with Crippen LogP contribution in [0, 0.1) is 0 Å². The number of benzene rings is 1. The lowest BCUT2D eigenvalue weighted by atomic mass is 10.1. The molecule has 0 bridgehead atoms. The molecule has 1 aromatic carbocycles. The maximum Gasteiger partial charge on any atom is 0.319 e. The van der Waals surface area contributed by atoms with Gasteiger partial charge in [-0.2, -0.15) is 0 Å². The minimum atomic E-state index is -0.594. The Morgan fingerprint density at radius 2 is 2.09 bits per heavy atom. The van der Waals surface area contributed by atoms with Crippen molar-refractivity contribution in [2.45, 2.75) is 26.3 Å². The number of fused-ring (bicyclic) bond motifs is 1. The summed E-state index contributed by atoms with van der Waals surface area (Å²) in [6.45, 7) is 4.22. The highest BCUT2D eigenvalue weighted by molar-refractivity contribution is 6.02. The summed E-state index contributed by atoms with van der Waals surface area (Å²) in [7, 11) is 0. The highest BCUT2D eigenvalue weighted by Crippen LogP contribution is 2.21. The molecule has 2 rings (SSSR count). The zero-order valence-electron chi connectivity index (χ0n) is 12.7. The molecule has 0 radical (unpaired) electrons. The first-order chi connectivity index (χ1) is 10.6. The number of hydrogen-bond donors (Lipinski definition) is 3. The lowest BCUT2D eigenvalue weighted by Gasteiger charge is -2.15. The zero-order valence-corrected chi connectivity index (χ0v) is 12.7. The molecule has 6 nitrogen and oxygen atoms in total. The quantitative estimate of drug-likeness (QED) is 0.792. The van der Waals surface area contributed by atoms with Crippen LogP contribution >= 0.6 is 0 Å². The van der Waals surface area contributed by atoms with E-state index in [1.165, 1.54) is 0 Å². The van der Waals surface area contributed by atoms with Gasteiger partial charge < -0.3 is 16.0 Å². The van der Waals surface area contributed by atoms with Crippen LogP contribution in [0.2, 0.25) is 0 Å². The van der Waals surface area contributed by atoms with E-state index in [-0.39, 0.29) is 5.91 Å². The van der Waals surface area contributed by atoms with E-state index in [1.54, 1.807) is 19.3 Å². The van der Waals surface area contributed by atoms with Gasteiger partial charge in [-0.1, -0.05) is 19.1 Å². The molecule has 22 heavy (non-hydrogen) atoms. The first-order valence-electron chi connectivity index (χ1n) is 7.29. The van der Waals surface area contributed by atoms with E-state index in [2.05, 4.69) is 20.9 Å². The second-order valence-electron chi connectivity index (χ2n) is 5.01. The van der Waals surface area contributed by atoms with Crippen LogP contribution in [0.3, 0.4) is 0 Å². The fourth-order valence-electron chi connectivity index (χ4n) is 2.05. The number of rotatable bonds is 5. The molecular weight excluding hydrogens is 280 g/mol. The first kappa shape index (κ1) is 15.8. The Hall–Kier alpha value is -2.63. The predicted molar refractivity (Wildman–Crippen MR) is 86.7 cm³/mol. The van der Waals surface area contributed by atoms with E-state index in [0.29, 0.717) is 12.2 Å². The fraction of sp³-hybridized carbons (Fsp3) is 0.312. The zero-order chi connectivity index (χ0) is 15.9. The van der Waals surface area contributed by atoms with Gasteiger partial charge >= 0.3 is 6.03 Å². The topological polar surface area (TPSA) is 83.1 Å². The number of hydrogen-bond acceptors (Lipinski definition) is 3. The van der Waals surface area contributed by atoms with Crippen LogP contribution in [0.25, 0.3) is 10.8 Å². The summed E-state index contributed by atoms with van der Waals surface area (Å²) in [6.07, 6.45) is 4.26. The molecule has 2 aromatic rings. The molecule has 1 aromatic heterocycles. The Labute approximate surface area is 129 Å². The molecule has 3 N–H and O–H groups in total. The molecule has 6 heteroatoms. The minimum Gasteiger partial charge on any atom is -0.354 e. The third kappa shape index (κ3) is 3.94. The van der Waals surface area contributed by atoms with Gasteiger partial charge in [-0.25, -0.2) is 4.79 Å². The van der Waals surface area contributed by atoms with E-state index in [4.69, 9.17) is 0 Å². The molecule has 1 heterocycles. The van der Waals surface area contributed by atoms with Gasteiger partial charge in [0.2, 0.25) is 5.91 Å². The summed E-state index contributed by atoms with van der Waals surface area (Å²) in [5.41, 5.74) is 0.679. The van der Waals surface area contributed by atoms with E-state index >= 15 is 0 Å². The number of pyridine rings is 1. The third-order valence-electron chi connectivity index (χ3n) is 3.22. The van der Waals surface area contributed by atoms with Crippen molar-refractivity contribution in [2.75, 3.05) is 11.9 Å². The first-order valence-corrected chi connectivity index (χ1v) is 7.29. The van der Waals surface area contributed by atoms with Gasteiger partial charge in [0, 0.05) is 29.7 Å². The van der Waals surface area contributed by atoms with E-state index in [0.717, 1.165) is 17.2 Å². The number of nitrogens with zero attached hydrogens (tertiary/aromatic N) is 1. The summed E-state index contributed by atoms with van der Waals surface area (Å²) in [4.78, 5) is 27.8. The van der Waals surface area contributed by atoms with Gasteiger partial charge in [0.05, 0.1) is 5.69 Å². The summed E-state index contributed by atoms with van der Waals surface area (Å²) >= 11 is 0. The Morgan fingerprint density at radius 1 is 1.27 bits per heavy atom. The van der Waals surface area contributed by atoms with Crippen LogP contribution in [-0.4, -0.2) is 29.5 Å². The maximum absolute atomic E-state index is 12.0. The number of amides is 3. The SMILES string of the molecule is CCCNC(=O)C(C)NC(=O)Nc1cccc2cnccc12. The third-order valence-corrected chi connectivity index (χ3v) is 3.22. The molecule has 1 unspecified atom stereocenters. The lowest BCUT2D eigenvalue weighted by molar-refractivity contribution is -0.122. The van der Waals surface area contributed by atoms with Crippen LogP contribution in [0.5, 0.6) is 0 Å². The number of carbonyl (C=O) groups is 2. The Kier molecular flexibility index (Phi) is 5.30. The molecule has 0 fully saturated rings. The normalized spacial score (nSPS) is 11.7. The molecule has 0 saturated carbocycles. The molecule has 0 aliphatic rings. The van der Waals surface area contributed by atoms with Crippen LogP contribution in [-0.2, 0) is 4.79 Å². The Bertz CT molecular complexity index is 667. The second kappa shape index (κ2) is 7.40. The Balaban J connectivity index is 2.00. The van der Waals surface area contributed by atoms with Crippen molar-refractivity contribution in [3.63, 3.8) is 0 Å². The Morgan fingerprint density at radius 3 is 2.86 bits per heavy atom. The molecule has 0 spiro atoms. The van der Waals surface area contributed by atoms with Crippen LogP contribution in [0.15, 0.2) is 36.7 Å². The predicted octanol–water partition coefficient (Wildman–Crippen LogP) is 2.27. The van der Waals surface area contributed by atoms with Gasteiger partial charge in [0.25, 0.3) is 0 Å². The van der Waals surface area contributed by atoms with Gasteiger partial charge in [0.1, 0.15) is 6.04 Å². The van der Waals surface area contributed by atoms with Crippen LogP contribution < -0.4 is 16.0 Å². The molecule has 3 amide bonds. The lowest BCUT2D eigenvalue weighted by Crippen LogP contribution is -2.46. The highest BCUT2D eigenvalue weighted by Gasteiger charge is 2.15. The molecule has 0 aliphatic carbocycles. The number of carbonyl (C=O) groups excluding carboxylic acids is 2. The smallest absolute Gasteiger partial charge is 0.319 e. The average molecular weight is 300 g/mol. The minimum absolute atomic E-state index is 0.195. The van der Waals surface area contributed by atoms with Crippen molar-refractivity contribution < 1.29 is 9.59 Å². The van der Waals surface area contributed by atoms with Gasteiger partial charge in [-0.3, -0.25) is 9.78 Å². The summed E-state index contributed by atoms with van der Waals surface area (Å²) in [5.74, 6) is -0.195. The van der Waals surface area contributed by atoms with Crippen molar-refractivity contribution in [1.82, 2.24) is 15.6 Å². The fourth-order valence-corrected chi connectivity index (χ4v) is 2.05. The largest absolute Gasteiger partial charge is 0.354 e. The van der Waals surface area contributed by atoms with Gasteiger partial charge in [0.15, 0.2) is 0 Å². The van der Waals surface area contributed by atoms with Gasteiger partial charge in [-0.05, 0) is 25.5 Å². The average Bonchev–Trinajstić information content (AvgIpc) is 2.52. The van der Waals surface area contributed by atoms with E-state index < -0.39 is 12.1 Å². The van der Waals surface area contributed by atoms with E-state index in [9.17, 15) is 9.59 Å². The van der Waals surface area contributed by atoms with Gasteiger partial charge in [-0.15, -0.1) is 0 Å². The van der Waals surface area contributed by atoms with Crippen molar-refractivity contribution >= 4 is 28.4 Å². The second-order valence-corrected chi connectivity index (χ2v) is 5.01. The van der Waals surface area contributed by atoms with Crippen molar-refractivity contribution in [3.05, 3.63) is 36.7 Å². The molecular formula is C16H20N4O2. The summed E-state index contributed by atoms with van der Waals surface area (Å²) in [6, 6.07) is 6.40. The van der Waals surface area contributed by atoms with E-state index in [1.807, 2.05) is 31.2 Å². The summed E-state index contributed by atoms with van der Waals surface area (Å²) in [5, 5.41) is 9.97. The molecule has 1 atom stereocenters. The van der Waals surface area contributed by atoms with Crippen LogP contribution in [0.4, 0.5) is 10.5 Å². The molecule has 0 aliphatic heterocycles. The number of anilines is 1. The number of urea groups is 1. The standard InChI is InChI=1S/C16H20N4O2/c1-3-8-18-15(21)11(2)19-16(22)20-14-6-4-5-12-10-17-9-7-13(12)14/h4-7,9-11H,3,8H2,1-2H3,(H,18,21)(H2,19,20,22). The number of aromatic nitrogens is 1. The van der Waals surface area contributed by atoms with Crippen LogP contribution in [0.1, 0.15) is 20.3 Å². The summed E-state index contributed by atoms with van der Waals surface area (Å²) < 4.78 is 0. The highest BCUT2D eigenvalue weighted by atomic mass is 16.2. The van der Waals surface area contributed by atoms with Crippen molar-refractivity contribution in [3.8, 4) is 0 Å². The maximum atomic E-state index is 12.0. The number of nitrogens with one attached hydrogen (secondary N) is 3. The molecule has 0 saturated heterocycles. The van der Waals surface area contributed by atoms with Crippen molar-refractivity contribution in [2.24, 2.45) is 0 Å².